The second kappa shape index (κ2) is 7.97. The van der Waals surface area contributed by atoms with E-state index in [2.05, 4.69) is 5.32 Å². The Hall–Kier alpha value is -2.33. The van der Waals surface area contributed by atoms with E-state index in [1.54, 1.807) is 0 Å². The van der Waals surface area contributed by atoms with Crippen molar-refractivity contribution in [2.45, 2.75) is 26.9 Å². The number of benzene rings is 2. The van der Waals surface area contributed by atoms with Crippen LogP contribution < -0.4 is 10.1 Å². The standard InChI is InChI=1S/C20H25NO3/c1-20(2,3)18(22)13-21-19(23)14-24-17-12-8-7-11-16(17)15-9-5-4-6-10-15/h4-12,18,22H,13-14H2,1-3H3,(H,21,23). The van der Waals surface area contributed by atoms with Gasteiger partial charge >= 0.3 is 0 Å². The van der Waals surface area contributed by atoms with Gasteiger partial charge in [-0.1, -0.05) is 69.3 Å². The summed E-state index contributed by atoms with van der Waals surface area (Å²) in [6.07, 6.45) is -0.599. The molecule has 0 fully saturated rings. The van der Waals surface area contributed by atoms with Gasteiger partial charge in [-0.25, -0.2) is 0 Å². The summed E-state index contributed by atoms with van der Waals surface area (Å²) in [6, 6.07) is 17.5. The third-order valence-corrected chi connectivity index (χ3v) is 3.82. The molecule has 2 N–H and O–H groups in total. The molecule has 2 rings (SSSR count). The van der Waals surface area contributed by atoms with Crippen molar-refractivity contribution in [3.8, 4) is 16.9 Å². The molecule has 4 nitrogen and oxygen atoms in total. The van der Waals surface area contributed by atoms with E-state index in [-0.39, 0.29) is 24.5 Å². The first kappa shape index (κ1) is 18.0. The highest BCUT2D eigenvalue weighted by Gasteiger charge is 2.22. The fourth-order valence-corrected chi connectivity index (χ4v) is 2.16. The Bertz CT molecular complexity index is 662. The molecule has 0 saturated heterocycles. The van der Waals surface area contributed by atoms with Crippen molar-refractivity contribution in [1.82, 2.24) is 5.32 Å². The number of carbonyl (C=O) groups is 1. The lowest BCUT2D eigenvalue weighted by Gasteiger charge is -2.25. The summed E-state index contributed by atoms with van der Waals surface area (Å²) < 4.78 is 5.68. The van der Waals surface area contributed by atoms with Crippen LogP contribution in [0.5, 0.6) is 5.75 Å². The predicted octanol–water partition coefficient (Wildman–Crippen LogP) is 3.26. The molecular weight excluding hydrogens is 302 g/mol. The van der Waals surface area contributed by atoms with Crippen LogP contribution in [0.2, 0.25) is 0 Å². The van der Waals surface area contributed by atoms with Gasteiger partial charge in [-0.3, -0.25) is 4.79 Å². The molecule has 0 bridgehead atoms. The molecule has 128 valence electrons. The summed E-state index contributed by atoms with van der Waals surface area (Å²) in [5.74, 6) is 0.413. The molecule has 2 aromatic carbocycles. The quantitative estimate of drug-likeness (QED) is 0.856. The molecule has 0 aliphatic rings. The summed E-state index contributed by atoms with van der Waals surface area (Å²) in [7, 11) is 0. The Morgan fingerprint density at radius 3 is 2.38 bits per heavy atom. The van der Waals surface area contributed by atoms with Gasteiger partial charge in [0, 0.05) is 12.1 Å². The number of hydrogen-bond acceptors (Lipinski definition) is 3. The molecule has 1 atom stereocenters. The largest absolute Gasteiger partial charge is 0.483 e. The second-order valence-electron chi connectivity index (χ2n) is 6.84. The van der Waals surface area contributed by atoms with E-state index >= 15 is 0 Å². The van der Waals surface area contributed by atoms with Gasteiger partial charge in [-0.2, -0.15) is 0 Å². The number of aliphatic hydroxyl groups excluding tert-OH is 1. The Morgan fingerprint density at radius 2 is 1.71 bits per heavy atom. The van der Waals surface area contributed by atoms with Gasteiger partial charge in [0.25, 0.3) is 5.91 Å². The van der Waals surface area contributed by atoms with Crippen LogP contribution in [0.3, 0.4) is 0 Å². The van der Waals surface area contributed by atoms with Crippen molar-refractivity contribution in [3.63, 3.8) is 0 Å². The van der Waals surface area contributed by atoms with Crippen molar-refractivity contribution >= 4 is 5.91 Å². The average Bonchev–Trinajstić information content (AvgIpc) is 2.58. The highest BCUT2D eigenvalue weighted by Crippen LogP contribution is 2.29. The van der Waals surface area contributed by atoms with Gasteiger partial charge in [-0.05, 0) is 17.0 Å². The number of aliphatic hydroxyl groups is 1. The second-order valence-corrected chi connectivity index (χ2v) is 6.84. The molecule has 0 heterocycles. The molecule has 0 spiro atoms. The van der Waals surface area contributed by atoms with Gasteiger partial charge in [0.05, 0.1) is 6.10 Å². The summed E-state index contributed by atoms with van der Waals surface area (Å²) in [6.45, 7) is 5.91. The SMILES string of the molecule is CC(C)(C)C(O)CNC(=O)COc1ccccc1-c1ccccc1. The van der Waals surface area contributed by atoms with Gasteiger partial charge in [-0.15, -0.1) is 0 Å². The Labute approximate surface area is 143 Å². The third kappa shape index (κ3) is 5.10. The fourth-order valence-electron chi connectivity index (χ4n) is 2.16. The smallest absolute Gasteiger partial charge is 0.258 e. The first-order valence-electron chi connectivity index (χ1n) is 8.10. The average molecular weight is 327 g/mol. The van der Waals surface area contributed by atoms with Crippen molar-refractivity contribution in [2.75, 3.05) is 13.2 Å². The fraction of sp³-hybridized carbons (Fsp3) is 0.350. The van der Waals surface area contributed by atoms with Crippen LogP contribution in [0, 0.1) is 5.41 Å². The monoisotopic (exact) mass is 327 g/mol. The van der Waals surface area contributed by atoms with Crippen LogP contribution in [0.25, 0.3) is 11.1 Å². The van der Waals surface area contributed by atoms with E-state index in [0.717, 1.165) is 11.1 Å². The van der Waals surface area contributed by atoms with Crippen molar-refractivity contribution in [3.05, 3.63) is 54.6 Å². The number of nitrogens with one attached hydrogen (secondary N) is 1. The number of carbonyl (C=O) groups excluding carboxylic acids is 1. The van der Waals surface area contributed by atoms with E-state index < -0.39 is 6.10 Å². The lowest BCUT2D eigenvalue weighted by Crippen LogP contribution is -2.40. The van der Waals surface area contributed by atoms with Crippen LogP contribution in [-0.4, -0.2) is 30.3 Å². The summed E-state index contributed by atoms with van der Waals surface area (Å²) in [4.78, 5) is 11.9. The minimum absolute atomic E-state index is 0.0826. The highest BCUT2D eigenvalue weighted by atomic mass is 16.5. The van der Waals surface area contributed by atoms with Gasteiger partial charge in [0.1, 0.15) is 5.75 Å². The molecular formula is C20H25NO3. The minimum Gasteiger partial charge on any atom is -0.483 e. The Morgan fingerprint density at radius 1 is 1.08 bits per heavy atom. The first-order valence-corrected chi connectivity index (χ1v) is 8.10. The lowest BCUT2D eigenvalue weighted by molar-refractivity contribution is -0.123. The van der Waals surface area contributed by atoms with E-state index in [1.807, 2.05) is 75.4 Å². The van der Waals surface area contributed by atoms with Crippen molar-refractivity contribution in [1.29, 1.82) is 0 Å². The number of para-hydroxylation sites is 1. The van der Waals surface area contributed by atoms with E-state index in [9.17, 15) is 9.90 Å². The zero-order valence-electron chi connectivity index (χ0n) is 14.5. The number of ether oxygens (including phenoxy) is 1. The molecule has 0 aliphatic heterocycles. The Kier molecular flexibility index (Phi) is 5.99. The lowest BCUT2D eigenvalue weighted by atomic mass is 9.89. The zero-order valence-corrected chi connectivity index (χ0v) is 14.5. The molecule has 1 amide bonds. The van der Waals surface area contributed by atoms with Crippen LogP contribution in [0.15, 0.2) is 54.6 Å². The van der Waals surface area contributed by atoms with Crippen molar-refractivity contribution in [2.24, 2.45) is 5.41 Å². The number of hydrogen-bond donors (Lipinski definition) is 2. The summed E-state index contributed by atoms with van der Waals surface area (Å²) in [5.41, 5.74) is 1.71. The molecule has 2 aromatic rings. The minimum atomic E-state index is -0.599. The maximum Gasteiger partial charge on any atom is 0.258 e. The maximum absolute atomic E-state index is 11.9. The molecule has 0 radical (unpaired) electrons. The topological polar surface area (TPSA) is 58.6 Å². The van der Waals surface area contributed by atoms with E-state index in [4.69, 9.17) is 4.74 Å². The van der Waals surface area contributed by atoms with Gasteiger partial charge in [0.15, 0.2) is 6.61 Å². The predicted molar refractivity (Wildman–Crippen MR) is 95.8 cm³/mol. The number of rotatable bonds is 6. The van der Waals surface area contributed by atoms with E-state index in [1.165, 1.54) is 0 Å². The summed E-state index contributed by atoms with van der Waals surface area (Å²) >= 11 is 0. The molecule has 0 saturated carbocycles. The molecule has 4 heteroatoms. The molecule has 0 aliphatic carbocycles. The molecule has 1 unspecified atom stereocenters. The molecule has 0 aromatic heterocycles. The molecule has 24 heavy (non-hydrogen) atoms. The number of amides is 1. The van der Waals surface area contributed by atoms with Gasteiger partial charge in [0.2, 0.25) is 0 Å². The van der Waals surface area contributed by atoms with Gasteiger partial charge < -0.3 is 15.2 Å². The Balaban J connectivity index is 1.94. The third-order valence-electron chi connectivity index (χ3n) is 3.82. The zero-order chi connectivity index (χ0) is 17.6. The van der Waals surface area contributed by atoms with Crippen molar-refractivity contribution < 1.29 is 14.6 Å². The summed E-state index contributed by atoms with van der Waals surface area (Å²) in [5, 5.41) is 12.7. The van der Waals surface area contributed by atoms with Crippen LogP contribution in [0.4, 0.5) is 0 Å². The highest BCUT2D eigenvalue weighted by molar-refractivity contribution is 5.78. The van der Waals surface area contributed by atoms with E-state index in [0.29, 0.717) is 5.75 Å². The van der Waals surface area contributed by atoms with Crippen LogP contribution >= 0.6 is 0 Å². The van der Waals surface area contributed by atoms with Crippen LogP contribution in [-0.2, 0) is 4.79 Å². The van der Waals surface area contributed by atoms with Crippen LogP contribution in [0.1, 0.15) is 20.8 Å². The first-order chi connectivity index (χ1) is 11.4. The maximum atomic E-state index is 11.9. The normalized spacial score (nSPS) is 12.5.